The van der Waals surface area contributed by atoms with Gasteiger partial charge in [-0.05, 0) is 0 Å². The van der Waals surface area contributed by atoms with Crippen molar-refractivity contribution in [2.45, 2.75) is 12.5 Å². The van der Waals surface area contributed by atoms with Crippen molar-refractivity contribution in [3.63, 3.8) is 0 Å². The number of pyridine rings is 1. The van der Waals surface area contributed by atoms with Gasteiger partial charge in [0.25, 0.3) is 5.91 Å². The maximum atomic E-state index is 12.3. The highest BCUT2D eigenvalue weighted by Crippen LogP contribution is 2.22. The van der Waals surface area contributed by atoms with Gasteiger partial charge in [-0.2, -0.15) is 0 Å². The highest BCUT2D eigenvalue weighted by molar-refractivity contribution is 6.39. The van der Waals surface area contributed by atoms with Crippen molar-refractivity contribution in [2.24, 2.45) is 0 Å². The standard InChI is InChI=1S/C13H12Cl2N4O3/c1-22-13(21)10(2-7-3-17-6-18-7)19-12(20)11-8(14)4-16-5-9(11)15/h3-6,10H,2H2,1H3,(H,17,18)(H,19,20)/t10-/m1/s1. The van der Waals surface area contributed by atoms with Gasteiger partial charge < -0.3 is 15.0 Å². The van der Waals surface area contributed by atoms with E-state index in [1.54, 1.807) is 6.20 Å². The summed E-state index contributed by atoms with van der Waals surface area (Å²) in [5, 5.41) is 2.73. The van der Waals surface area contributed by atoms with Gasteiger partial charge in [0.1, 0.15) is 6.04 Å². The van der Waals surface area contributed by atoms with Crippen LogP contribution in [0.5, 0.6) is 0 Å². The van der Waals surface area contributed by atoms with Crippen LogP contribution >= 0.6 is 23.2 Å². The zero-order chi connectivity index (χ0) is 16.1. The van der Waals surface area contributed by atoms with E-state index in [0.717, 1.165) is 0 Å². The third-order valence-electron chi connectivity index (χ3n) is 2.85. The van der Waals surface area contributed by atoms with E-state index in [2.05, 4.69) is 20.3 Å². The van der Waals surface area contributed by atoms with Gasteiger partial charge in [0.15, 0.2) is 0 Å². The molecular weight excluding hydrogens is 331 g/mol. The minimum Gasteiger partial charge on any atom is -0.467 e. The zero-order valence-electron chi connectivity index (χ0n) is 11.5. The van der Waals surface area contributed by atoms with Crippen LogP contribution in [0.3, 0.4) is 0 Å². The molecule has 2 rings (SSSR count). The van der Waals surface area contributed by atoms with Crippen molar-refractivity contribution < 1.29 is 14.3 Å². The zero-order valence-corrected chi connectivity index (χ0v) is 13.0. The molecule has 0 aromatic carbocycles. The van der Waals surface area contributed by atoms with Crippen LogP contribution in [-0.4, -0.2) is 40.0 Å². The fourth-order valence-electron chi connectivity index (χ4n) is 1.81. The molecule has 0 radical (unpaired) electrons. The Morgan fingerprint density at radius 1 is 1.27 bits per heavy atom. The van der Waals surface area contributed by atoms with Gasteiger partial charge in [-0.1, -0.05) is 23.2 Å². The largest absolute Gasteiger partial charge is 0.467 e. The van der Waals surface area contributed by atoms with E-state index >= 15 is 0 Å². The topological polar surface area (TPSA) is 97.0 Å². The lowest BCUT2D eigenvalue weighted by Crippen LogP contribution is -2.43. The lowest BCUT2D eigenvalue weighted by molar-refractivity contribution is -0.142. The summed E-state index contributed by atoms with van der Waals surface area (Å²) < 4.78 is 4.69. The predicted octanol–water partition coefficient (Wildman–Crippen LogP) is 1.63. The Balaban J connectivity index is 2.19. The van der Waals surface area contributed by atoms with Gasteiger partial charge in [-0.3, -0.25) is 9.78 Å². The van der Waals surface area contributed by atoms with Crippen LogP contribution in [0, 0.1) is 0 Å². The molecule has 0 spiro atoms. The maximum absolute atomic E-state index is 12.3. The normalized spacial score (nSPS) is 11.8. The van der Waals surface area contributed by atoms with Crippen LogP contribution in [0.25, 0.3) is 0 Å². The van der Waals surface area contributed by atoms with Crippen LogP contribution in [0.2, 0.25) is 10.0 Å². The SMILES string of the molecule is COC(=O)[C@@H](Cc1cnc[nH]1)NC(=O)c1c(Cl)cncc1Cl. The molecule has 1 atom stereocenters. The number of hydrogen-bond donors (Lipinski definition) is 2. The lowest BCUT2D eigenvalue weighted by Gasteiger charge is -2.16. The summed E-state index contributed by atoms with van der Waals surface area (Å²) in [5.41, 5.74) is 0.722. The summed E-state index contributed by atoms with van der Waals surface area (Å²) in [7, 11) is 1.24. The van der Waals surface area contributed by atoms with E-state index in [4.69, 9.17) is 27.9 Å². The Morgan fingerprint density at radius 3 is 2.50 bits per heavy atom. The van der Waals surface area contributed by atoms with Crippen molar-refractivity contribution in [1.82, 2.24) is 20.3 Å². The minimum atomic E-state index is -0.904. The number of methoxy groups -OCH3 is 1. The first-order chi connectivity index (χ1) is 10.5. The summed E-state index contributed by atoms with van der Waals surface area (Å²) in [5.74, 6) is -1.18. The Kier molecular flexibility index (Phi) is 5.35. The van der Waals surface area contributed by atoms with Crippen LogP contribution in [0.1, 0.15) is 16.1 Å². The van der Waals surface area contributed by atoms with Gasteiger partial charge in [0, 0.05) is 30.7 Å². The fraction of sp³-hybridized carbons (Fsp3) is 0.231. The van der Waals surface area contributed by atoms with Crippen LogP contribution in [-0.2, 0) is 16.0 Å². The number of nitrogens with one attached hydrogen (secondary N) is 2. The predicted molar refractivity (Wildman–Crippen MR) is 79.8 cm³/mol. The van der Waals surface area contributed by atoms with Gasteiger partial charge in [-0.25, -0.2) is 9.78 Å². The minimum absolute atomic E-state index is 0.0526. The highest BCUT2D eigenvalue weighted by Gasteiger charge is 2.25. The summed E-state index contributed by atoms with van der Waals surface area (Å²) in [6, 6.07) is -0.904. The number of ether oxygens (including phenoxy) is 1. The Morgan fingerprint density at radius 2 is 1.95 bits per heavy atom. The average molecular weight is 343 g/mol. The number of aromatic amines is 1. The van der Waals surface area contributed by atoms with Crippen LogP contribution in [0.4, 0.5) is 0 Å². The summed E-state index contributed by atoms with van der Waals surface area (Å²) in [4.78, 5) is 34.6. The van der Waals surface area contributed by atoms with Crippen LogP contribution < -0.4 is 5.32 Å². The van der Waals surface area contributed by atoms with E-state index in [1.165, 1.54) is 25.8 Å². The second kappa shape index (κ2) is 7.24. The molecule has 0 aliphatic rings. The number of halogens is 2. The number of aromatic nitrogens is 3. The summed E-state index contributed by atoms with van der Waals surface area (Å²) in [6.45, 7) is 0. The molecular formula is C13H12Cl2N4O3. The Hall–Kier alpha value is -2.12. The molecule has 0 saturated heterocycles. The molecule has 0 aliphatic carbocycles. The summed E-state index contributed by atoms with van der Waals surface area (Å²) >= 11 is 11.8. The number of esters is 1. The van der Waals surface area contributed by atoms with Crippen molar-refractivity contribution >= 4 is 35.1 Å². The molecule has 0 aliphatic heterocycles. The molecule has 2 N–H and O–H groups in total. The lowest BCUT2D eigenvalue weighted by atomic mass is 10.1. The number of hydrogen-bond acceptors (Lipinski definition) is 5. The van der Waals surface area contributed by atoms with E-state index in [-0.39, 0.29) is 22.0 Å². The summed E-state index contributed by atoms with van der Waals surface area (Å²) in [6.07, 6.45) is 5.81. The van der Waals surface area contributed by atoms with Crippen LogP contribution in [0.15, 0.2) is 24.9 Å². The van der Waals surface area contributed by atoms with Crippen molar-refractivity contribution in [1.29, 1.82) is 0 Å². The molecule has 2 heterocycles. The van der Waals surface area contributed by atoms with Gasteiger partial charge in [-0.15, -0.1) is 0 Å². The Bertz CT molecular complexity index is 656. The van der Waals surface area contributed by atoms with E-state index in [9.17, 15) is 9.59 Å². The first-order valence-electron chi connectivity index (χ1n) is 6.18. The number of rotatable bonds is 5. The third-order valence-corrected chi connectivity index (χ3v) is 3.42. The third kappa shape index (κ3) is 3.75. The smallest absolute Gasteiger partial charge is 0.328 e. The van der Waals surface area contributed by atoms with E-state index in [1.807, 2.05) is 0 Å². The molecule has 1 amide bonds. The highest BCUT2D eigenvalue weighted by atomic mass is 35.5. The number of carbonyl (C=O) groups excluding carboxylic acids is 2. The van der Waals surface area contributed by atoms with Gasteiger partial charge >= 0.3 is 5.97 Å². The first-order valence-corrected chi connectivity index (χ1v) is 6.93. The molecule has 0 saturated carbocycles. The van der Waals surface area contributed by atoms with Crippen molar-refractivity contribution in [3.8, 4) is 0 Å². The second-order valence-corrected chi connectivity index (χ2v) is 5.12. The van der Waals surface area contributed by atoms with Crippen molar-refractivity contribution in [3.05, 3.63) is 46.2 Å². The van der Waals surface area contributed by atoms with Gasteiger partial charge in [0.05, 0.1) is 29.0 Å². The van der Waals surface area contributed by atoms with Gasteiger partial charge in [0.2, 0.25) is 0 Å². The molecule has 2 aromatic heterocycles. The number of H-pyrrole nitrogens is 1. The van der Waals surface area contributed by atoms with Crippen molar-refractivity contribution in [2.75, 3.05) is 7.11 Å². The number of amides is 1. The number of nitrogens with zero attached hydrogens (tertiary/aromatic N) is 2. The number of imidazole rings is 1. The fourth-order valence-corrected chi connectivity index (χ4v) is 2.35. The monoisotopic (exact) mass is 342 g/mol. The molecule has 9 heteroatoms. The number of carbonyl (C=O) groups is 2. The maximum Gasteiger partial charge on any atom is 0.328 e. The molecule has 0 fully saturated rings. The van der Waals surface area contributed by atoms with E-state index < -0.39 is 17.9 Å². The Labute approximate surface area is 136 Å². The molecule has 2 aromatic rings. The van der Waals surface area contributed by atoms with E-state index in [0.29, 0.717) is 5.69 Å². The molecule has 116 valence electrons. The first kappa shape index (κ1) is 16.3. The molecule has 22 heavy (non-hydrogen) atoms. The molecule has 0 unspecified atom stereocenters. The molecule has 0 bridgehead atoms. The molecule has 7 nitrogen and oxygen atoms in total. The second-order valence-electron chi connectivity index (χ2n) is 4.31. The average Bonchev–Trinajstić information content (AvgIpc) is 2.98. The quantitative estimate of drug-likeness (QED) is 0.805.